The van der Waals surface area contributed by atoms with Crippen molar-refractivity contribution in [3.8, 4) is 0 Å². The van der Waals surface area contributed by atoms with Gasteiger partial charge in [0.2, 0.25) is 11.8 Å². The van der Waals surface area contributed by atoms with Crippen LogP contribution < -0.4 is 10.2 Å². The number of rotatable bonds is 4. The number of anilines is 1. The smallest absolute Gasteiger partial charge is 0.232 e. The highest BCUT2D eigenvalue weighted by atomic mass is 16.2. The first kappa shape index (κ1) is 15.4. The molecule has 1 saturated heterocycles. The predicted octanol–water partition coefficient (Wildman–Crippen LogP) is 3.39. The first-order valence-corrected chi connectivity index (χ1v) is 9.08. The maximum Gasteiger partial charge on any atom is 0.232 e. The van der Waals surface area contributed by atoms with Gasteiger partial charge in [0.15, 0.2) is 0 Å². The van der Waals surface area contributed by atoms with E-state index in [4.69, 9.17) is 0 Å². The Morgan fingerprint density at radius 1 is 1.21 bits per heavy atom. The van der Waals surface area contributed by atoms with Crippen LogP contribution >= 0.6 is 0 Å². The van der Waals surface area contributed by atoms with Gasteiger partial charge in [-0.1, -0.05) is 24.3 Å². The number of allylic oxidation sites excluding steroid dienone is 1. The summed E-state index contributed by atoms with van der Waals surface area (Å²) < 4.78 is 0. The van der Waals surface area contributed by atoms with E-state index in [0.29, 0.717) is 18.8 Å². The molecule has 0 spiro atoms. The first-order chi connectivity index (χ1) is 11.7. The molecule has 1 unspecified atom stereocenters. The molecule has 2 amide bonds. The number of carbonyl (C=O) groups is 2. The van der Waals surface area contributed by atoms with Crippen molar-refractivity contribution in [3.05, 3.63) is 42.1 Å². The van der Waals surface area contributed by atoms with E-state index in [1.54, 1.807) is 4.90 Å². The minimum Gasteiger partial charge on any atom is -0.355 e. The van der Waals surface area contributed by atoms with Crippen molar-refractivity contribution >= 4 is 17.5 Å². The molecular weight excluding hydrogens is 300 g/mol. The van der Waals surface area contributed by atoms with Gasteiger partial charge in [-0.05, 0) is 56.6 Å². The van der Waals surface area contributed by atoms with Crippen LogP contribution in [0.3, 0.4) is 0 Å². The molecule has 3 aliphatic rings. The monoisotopic (exact) mass is 324 g/mol. The number of hydrogen-bond donors (Lipinski definition) is 1. The van der Waals surface area contributed by atoms with Crippen molar-refractivity contribution in [3.63, 3.8) is 0 Å². The molecule has 24 heavy (non-hydrogen) atoms. The number of nitrogens with one attached hydrogen (secondary N) is 1. The zero-order chi connectivity index (χ0) is 16.6. The summed E-state index contributed by atoms with van der Waals surface area (Å²) in [5.41, 5.74) is 1.25. The molecule has 0 bridgehead atoms. The van der Waals surface area contributed by atoms with Crippen LogP contribution in [0.2, 0.25) is 0 Å². The maximum atomic E-state index is 13.1. The quantitative estimate of drug-likeness (QED) is 0.923. The lowest BCUT2D eigenvalue weighted by molar-refractivity contribution is -0.132. The zero-order valence-electron chi connectivity index (χ0n) is 14.0. The van der Waals surface area contributed by atoms with Crippen LogP contribution in [0.15, 0.2) is 42.1 Å². The van der Waals surface area contributed by atoms with E-state index in [-0.39, 0.29) is 11.8 Å². The van der Waals surface area contributed by atoms with Gasteiger partial charge in [0, 0.05) is 24.4 Å². The van der Waals surface area contributed by atoms with Gasteiger partial charge in [-0.2, -0.15) is 0 Å². The van der Waals surface area contributed by atoms with Crippen molar-refractivity contribution in [2.75, 3.05) is 11.4 Å². The molecule has 126 valence electrons. The van der Waals surface area contributed by atoms with Gasteiger partial charge in [0.05, 0.1) is 5.41 Å². The van der Waals surface area contributed by atoms with Gasteiger partial charge in [-0.25, -0.2) is 0 Å². The molecule has 1 atom stereocenters. The van der Waals surface area contributed by atoms with Crippen LogP contribution in [0.25, 0.3) is 0 Å². The van der Waals surface area contributed by atoms with Gasteiger partial charge in [-0.3, -0.25) is 14.5 Å². The number of amides is 2. The Kier molecular flexibility index (Phi) is 3.91. The van der Waals surface area contributed by atoms with Crippen molar-refractivity contribution in [2.45, 2.75) is 44.9 Å². The number of carbonyl (C=O) groups excluding carboxylic acids is 2. The Hall–Kier alpha value is -2.10. The number of nitrogens with zero attached hydrogens (tertiary/aromatic N) is 1. The lowest BCUT2D eigenvalue weighted by atomic mass is 9.69. The SMILES string of the molecule is O=C1CCC2(C(=O)NCC3CC3)CCCC=C2N1c1ccccc1. The Balaban J connectivity index is 1.67. The molecular formula is C20H24N2O2. The summed E-state index contributed by atoms with van der Waals surface area (Å²) in [7, 11) is 0. The molecule has 2 fully saturated rings. The lowest BCUT2D eigenvalue weighted by Gasteiger charge is -2.46. The molecule has 4 heteroatoms. The number of benzene rings is 1. The molecule has 4 nitrogen and oxygen atoms in total. The summed E-state index contributed by atoms with van der Waals surface area (Å²) in [6.45, 7) is 0.785. The fourth-order valence-electron chi connectivity index (χ4n) is 4.02. The summed E-state index contributed by atoms with van der Waals surface area (Å²) >= 11 is 0. The van der Waals surface area contributed by atoms with Crippen LogP contribution in [-0.4, -0.2) is 18.4 Å². The molecule has 1 saturated carbocycles. The van der Waals surface area contributed by atoms with Crippen LogP contribution in [0.4, 0.5) is 5.69 Å². The van der Waals surface area contributed by atoms with Crippen molar-refractivity contribution in [2.24, 2.45) is 11.3 Å². The summed E-state index contributed by atoms with van der Waals surface area (Å²) in [4.78, 5) is 27.5. The second-order valence-corrected chi connectivity index (χ2v) is 7.28. The maximum absolute atomic E-state index is 13.1. The van der Waals surface area contributed by atoms with Gasteiger partial charge in [0.25, 0.3) is 0 Å². The molecule has 0 aromatic heterocycles. The highest BCUT2D eigenvalue weighted by Crippen LogP contribution is 2.48. The van der Waals surface area contributed by atoms with E-state index >= 15 is 0 Å². The number of piperidine rings is 1. The van der Waals surface area contributed by atoms with Gasteiger partial charge >= 0.3 is 0 Å². The summed E-state index contributed by atoms with van der Waals surface area (Å²) in [6, 6.07) is 9.73. The summed E-state index contributed by atoms with van der Waals surface area (Å²) in [6.07, 6.45) is 8.42. The third-order valence-corrected chi connectivity index (χ3v) is 5.59. The van der Waals surface area contributed by atoms with Gasteiger partial charge < -0.3 is 5.32 Å². The normalized spacial score (nSPS) is 26.6. The Morgan fingerprint density at radius 3 is 2.75 bits per heavy atom. The number of hydrogen-bond acceptors (Lipinski definition) is 2. The van der Waals surface area contributed by atoms with E-state index in [0.717, 1.165) is 37.2 Å². The van der Waals surface area contributed by atoms with Gasteiger partial charge in [-0.15, -0.1) is 0 Å². The number of para-hydroxylation sites is 1. The molecule has 1 aromatic carbocycles. The molecule has 4 rings (SSSR count). The Bertz CT molecular complexity index is 678. The van der Waals surface area contributed by atoms with E-state index in [9.17, 15) is 9.59 Å². The standard InChI is InChI=1S/C20H24N2O2/c23-18-11-13-20(19(24)21-14-15-9-10-15)12-5-4-8-17(20)22(18)16-6-2-1-3-7-16/h1-3,6-8,15H,4-5,9-14H2,(H,21,24). The van der Waals surface area contributed by atoms with Crippen molar-refractivity contribution < 1.29 is 9.59 Å². The average molecular weight is 324 g/mol. The first-order valence-electron chi connectivity index (χ1n) is 9.08. The topological polar surface area (TPSA) is 49.4 Å². The van der Waals surface area contributed by atoms with Crippen LogP contribution in [-0.2, 0) is 9.59 Å². The van der Waals surface area contributed by atoms with E-state index in [1.807, 2.05) is 30.3 Å². The summed E-state index contributed by atoms with van der Waals surface area (Å²) in [5.74, 6) is 0.880. The highest BCUT2D eigenvalue weighted by Gasteiger charge is 2.50. The van der Waals surface area contributed by atoms with E-state index in [1.165, 1.54) is 12.8 Å². The molecule has 0 radical (unpaired) electrons. The summed E-state index contributed by atoms with van der Waals surface area (Å²) in [5, 5.41) is 3.17. The molecule has 1 N–H and O–H groups in total. The van der Waals surface area contributed by atoms with Crippen LogP contribution in [0, 0.1) is 11.3 Å². The molecule has 2 aliphatic carbocycles. The predicted molar refractivity (Wildman–Crippen MR) is 93.3 cm³/mol. The minimum absolute atomic E-state index is 0.0972. The molecule has 1 aromatic rings. The largest absolute Gasteiger partial charge is 0.355 e. The Labute approximate surface area is 142 Å². The van der Waals surface area contributed by atoms with Crippen LogP contribution in [0.5, 0.6) is 0 Å². The van der Waals surface area contributed by atoms with Crippen molar-refractivity contribution in [1.82, 2.24) is 5.32 Å². The van der Waals surface area contributed by atoms with E-state index in [2.05, 4.69) is 11.4 Å². The zero-order valence-corrected chi connectivity index (χ0v) is 14.0. The molecule has 1 aliphatic heterocycles. The number of fused-ring (bicyclic) bond motifs is 1. The average Bonchev–Trinajstić information content (AvgIpc) is 3.45. The van der Waals surface area contributed by atoms with Gasteiger partial charge in [0.1, 0.15) is 0 Å². The fourth-order valence-corrected chi connectivity index (χ4v) is 4.02. The van der Waals surface area contributed by atoms with E-state index < -0.39 is 5.41 Å². The fraction of sp³-hybridized carbons (Fsp3) is 0.500. The second kappa shape index (κ2) is 6.08. The minimum atomic E-state index is -0.531. The Morgan fingerprint density at radius 2 is 2.00 bits per heavy atom. The highest BCUT2D eigenvalue weighted by molar-refractivity contribution is 6.02. The second-order valence-electron chi connectivity index (χ2n) is 7.28. The van der Waals surface area contributed by atoms with Crippen LogP contribution in [0.1, 0.15) is 44.9 Å². The lowest BCUT2D eigenvalue weighted by Crippen LogP contribution is -2.53. The van der Waals surface area contributed by atoms with Crippen molar-refractivity contribution in [1.29, 1.82) is 0 Å². The third-order valence-electron chi connectivity index (χ3n) is 5.59. The third kappa shape index (κ3) is 2.64. The molecule has 1 heterocycles.